The van der Waals surface area contributed by atoms with Gasteiger partial charge in [-0.1, -0.05) is 178 Å². The first-order chi connectivity index (χ1) is 26.9. The molecule has 8 heteroatoms. The molecule has 1 unspecified atom stereocenters. The molecule has 0 aliphatic carbocycles. The zero-order valence-corrected chi connectivity index (χ0v) is 34.3. The fourth-order valence-corrected chi connectivity index (χ4v) is 7.32. The number of rotatable bonds is 31. The molecular formula is C47H72N4O4. The summed E-state index contributed by atoms with van der Waals surface area (Å²) in [5, 5.41) is 15.5. The molecule has 304 valence electrons. The summed E-state index contributed by atoms with van der Waals surface area (Å²) in [5.41, 5.74) is 0.585. The number of hydrogen-bond donors (Lipinski definition) is 4. The molecule has 0 fully saturated rings. The molecular weight excluding hydrogens is 685 g/mol. The lowest BCUT2D eigenvalue weighted by Crippen LogP contribution is -2.48. The highest BCUT2D eigenvalue weighted by molar-refractivity contribution is 6.18. The van der Waals surface area contributed by atoms with Crippen LogP contribution in [0.25, 0.3) is 21.5 Å². The molecule has 0 aliphatic rings. The minimum Gasteiger partial charge on any atom is -0.356 e. The Bertz CT molecular complexity index is 1500. The minimum absolute atomic E-state index is 0.0155. The van der Waals surface area contributed by atoms with E-state index in [1.807, 2.05) is 48.5 Å². The zero-order valence-electron chi connectivity index (χ0n) is 34.3. The Hall–Kier alpha value is -3.94. The van der Waals surface area contributed by atoms with E-state index in [-0.39, 0.29) is 49.4 Å². The molecule has 0 aromatic heterocycles. The van der Waals surface area contributed by atoms with Gasteiger partial charge in [0.15, 0.2) is 0 Å². The lowest BCUT2D eigenvalue weighted by molar-refractivity contribution is -0.129. The third-order valence-corrected chi connectivity index (χ3v) is 10.6. The van der Waals surface area contributed by atoms with Crippen molar-refractivity contribution in [1.82, 2.24) is 21.3 Å². The van der Waals surface area contributed by atoms with Gasteiger partial charge in [-0.05, 0) is 46.9 Å². The topological polar surface area (TPSA) is 116 Å². The smallest absolute Gasteiger partial charge is 0.252 e. The van der Waals surface area contributed by atoms with Gasteiger partial charge in [-0.3, -0.25) is 19.2 Å². The highest BCUT2D eigenvalue weighted by Crippen LogP contribution is 2.28. The van der Waals surface area contributed by atoms with E-state index in [1.54, 1.807) is 0 Å². The monoisotopic (exact) mass is 757 g/mol. The van der Waals surface area contributed by atoms with Gasteiger partial charge in [-0.2, -0.15) is 0 Å². The zero-order chi connectivity index (χ0) is 39.4. The van der Waals surface area contributed by atoms with Gasteiger partial charge in [0.1, 0.15) is 6.04 Å². The van der Waals surface area contributed by atoms with E-state index in [0.29, 0.717) is 18.7 Å². The van der Waals surface area contributed by atoms with E-state index in [2.05, 4.69) is 41.2 Å². The fraction of sp³-hybridized carbons (Fsp3) is 0.617. The molecule has 55 heavy (non-hydrogen) atoms. The normalized spacial score (nSPS) is 11.7. The highest BCUT2D eigenvalue weighted by atomic mass is 16.2. The van der Waals surface area contributed by atoms with Crippen molar-refractivity contribution in [3.05, 3.63) is 60.2 Å². The van der Waals surface area contributed by atoms with Gasteiger partial charge < -0.3 is 21.3 Å². The van der Waals surface area contributed by atoms with E-state index in [0.717, 1.165) is 53.6 Å². The number of hydrogen-bond acceptors (Lipinski definition) is 4. The third kappa shape index (κ3) is 18.5. The van der Waals surface area contributed by atoms with Crippen LogP contribution in [0.4, 0.5) is 0 Å². The highest BCUT2D eigenvalue weighted by Gasteiger charge is 2.22. The van der Waals surface area contributed by atoms with Crippen LogP contribution in [0.2, 0.25) is 0 Å². The predicted octanol–water partition coefficient (Wildman–Crippen LogP) is 10.5. The first-order valence-corrected chi connectivity index (χ1v) is 22.0. The van der Waals surface area contributed by atoms with Crippen LogP contribution < -0.4 is 21.3 Å². The Kier molecular flexibility index (Phi) is 23.5. The van der Waals surface area contributed by atoms with Crippen molar-refractivity contribution in [3.63, 3.8) is 0 Å². The molecule has 0 saturated heterocycles. The Balaban J connectivity index is 1.44. The van der Waals surface area contributed by atoms with Crippen LogP contribution >= 0.6 is 0 Å². The average molecular weight is 757 g/mol. The van der Waals surface area contributed by atoms with Crippen molar-refractivity contribution in [2.24, 2.45) is 0 Å². The first kappa shape index (κ1) is 45.4. The van der Waals surface area contributed by atoms with Gasteiger partial charge in [0.05, 0.1) is 5.56 Å². The number of nitrogens with one attached hydrogen (secondary N) is 4. The van der Waals surface area contributed by atoms with Crippen molar-refractivity contribution in [1.29, 1.82) is 0 Å². The second kappa shape index (κ2) is 28.5. The van der Waals surface area contributed by atoms with E-state index < -0.39 is 6.04 Å². The number of unbranched alkanes of at least 4 members (excludes halogenated alkanes) is 18. The van der Waals surface area contributed by atoms with Gasteiger partial charge in [0.2, 0.25) is 17.7 Å². The van der Waals surface area contributed by atoms with Gasteiger partial charge in [-0.25, -0.2) is 0 Å². The summed E-state index contributed by atoms with van der Waals surface area (Å²) in [7, 11) is 0. The molecule has 3 rings (SSSR count). The van der Waals surface area contributed by atoms with Gasteiger partial charge in [0, 0.05) is 32.5 Å². The average Bonchev–Trinajstić information content (AvgIpc) is 3.19. The van der Waals surface area contributed by atoms with Gasteiger partial charge >= 0.3 is 0 Å². The molecule has 8 nitrogen and oxygen atoms in total. The van der Waals surface area contributed by atoms with E-state index in [9.17, 15) is 19.2 Å². The summed E-state index contributed by atoms with van der Waals surface area (Å²) in [4.78, 5) is 52.7. The molecule has 0 spiro atoms. The number of carbonyl (C=O) groups excluding carboxylic acids is 4. The quantitative estimate of drug-likeness (QED) is 0.0386. The van der Waals surface area contributed by atoms with E-state index in [1.165, 1.54) is 96.3 Å². The Morgan fingerprint density at radius 1 is 0.491 bits per heavy atom. The summed E-state index contributed by atoms with van der Waals surface area (Å²) in [5.74, 6) is -0.955. The molecule has 0 saturated carbocycles. The van der Waals surface area contributed by atoms with Crippen LogP contribution in [0.5, 0.6) is 0 Å². The van der Waals surface area contributed by atoms with Crippen LogP contribution in [0, 0.1) is 0 Å². The SMILES string of the molecule is CCCCCCCCCCCCNC(=O)CCC(NC(=O)CCNC(=O)c1c2ccccc2cc2ccccc12)C(=O)NCCCCCCCCCCCC. The van der Waals surface area contributed by atoms with Crippen LogP contribution in [0.1, 0.15) is 172 Å². The third-order valence-electron chi connectivity index (χ3n) is 10.6. The minimum atomic E-state index is -0.823. The summed E-state index contributed by atoms with van der Waals surface area (Å²) < 4.78 is 0. The molecule has 4 N–H and O–H groups in total. The maximum atomic E-state index is 13.5. The molecule has 1 atom stereocenters. The largest absolute Gasteiger partial charge is 0.356 e. The Labute approximate surface area is 332 Å². The number of carbonyl (C=O) groups is 4. The second-order valence-electron chi connectivity index (χ2n) is 15.4. The molecule has 3 aromatic rings. The number of amides is 4. The molecule has 0 radical (unpaired) electrons. The number of benzene rings is 3. The molecule has 0 heterocycles. The first-order valence-electron chi connectivity index (χ1n) is 22.0. The second-order valence-corrected chi connectivity index (χ2v) is 15.4. The van der Waals surface area contributed by atoms with Crippen molar-refractivity contribution in [3.8, 4) is 0 Å². The van der Waals surface area contributed by atoms with Gasteiger partial charge in [0.25, 0.3) is 5.91 Å². The Morgan fingerprint density at radius 3 is 1.45 bits per heavy atom. The number of fused-ring (bicyclic) bond motifs is 2. The molecule has 4 amide bonds. The summed E-state index contributed by atoms with van der Waals surface area (Å²) in [6.45, 7) is 5.77. The summed E-state index contributed by atoms with van der Waals surface area (Å²) in [6.07, 6.45) is 24.9. The van der Waals surface area contributed by atoms with Crippen LogP contribution in [-0.4, -0.2) is 49.3 Å². The maximum Gasteiger partial charge on any atom is 0.252 e. The summed E-state index contributed by atoms with van der Waals surface area (Å²) >= 11 is 0. The van der Waals surface area contributed by atoms with Crippen molar-refractivity contribution < 1.29 is 19.2 Å². The van der Waals surface area contributed by atoms with Crippen molar-refractivity contribution in [2.75, 3.05) is 19.6 Å². The predicted molar refractivity (Wildman–Crippen MR) is 229 cm³/mol. The van der Waals surface area contributed by atoms with Crippen LogP contribution in [0.15, 0.2) is 54.6 Å². The fourth-order valence-electron chi connectivity index (χ4n) is 7.32. The molecule has 3 aromatic carbocycles. The Morgan fingerprint density at radius 2 is 0.945 bits per heavy atom. The van der Waals surface area contributed by atoms with Crippen LogP contribution in [-0.2, 0) is 14.4 Å². The lowest BCUT2D eigenvalue weighted by atomic mass is 9.96. The van der Waals surface area contributed by atoms with Crippen molar-refractivity contribution in [2.45, 2.75) is 168 Å². The standard InChI is InChI=1S/C47H72N4O4/c1-3-5-7-9-11-13-15-17-19-25-34-48-43(52)32-31-42(46(54)49-35-26-20-18-16-14-12-10-8-6-4-2)51-44(53)33-36-50-47(55)45-40-29-23-21-27-38(40)37-39-28-22-24-30-41(39)45/h21-24,27-30,37,42H,3-20,25-26,31-36H2,1-2H3,(H,48,52)(H,49,54)(H,50,55)(H,51,53). The van der Waals surface area contributed by atoms with Crippen LogP contribution in [0.3, 0.4) is 0 Å². The molecule has 0 aliphatic heterocycles. The lowest BCUT2D eigenvalue weighted by Gasteiger charge is -2.19. The van der Waals surface area contributed by atoms with Crippen molar-refractivity contribution >= 4 is 45.2 Å². The van der Waals surface area contributed by atoms with E-state index >= 15 is 0 Å². The summed E-state index contributed by atoms with van der Waals surface area (Å²) in [6, 6.07) is 16.9. The van der Waals surface area contributed by atoms with E-state index in [4.69, 9.17) is 0 Å². The maximum absolute atomic E-state index is 13.5. The van der Waals surface area contributed by atoms with Gasteiger partial charge in [-0.15, -0.1) is 0 Å². The molecule has 0 bridgehead atoms.